The van der Waals surface area contributed by atoms with Crippen molar-refractivity contribution in [3.63, 3.8) is 0 Å². The minimum absolute atomic E-state index is 0. The second kappa shape index (κ2) is 48.4. The Balaban J connectivity index is 0.000000262. The Labute approximate surface area is 769 Å². The molecule has 15 N–H and O–H groups in total. The number of alkyl carbamates (subject to hydrolysis) is 1. The molecule has 36 heteroatoms. The van der Waals surface area contributed by atoms with Crippen molar-refractivity contribution in [2.75, 3.05) is 54.2 Å². The molecule has 3 saturated heterocycles. The van der Waals surface area contributed by atoms with E-state index in [1.54, 1.807) is 24.3 Å². The van der Waals surface area contributed by atoms with Gasteiger partial charge < -0.3 is 120 Å². The number of ether oxygens (including phenoxy) is 10. The third-order valence-corrected chi connectivity index (χ3v) is 21.8. The number of terminal acetylenes is 2. The van der Waals surface area contributed by atoms with Gasteiger partial charge in [-0.2, -0.15) is 0 Å². The third kappa shape index (κ3) is 26.6. The van der Waals surface area contributed by atoms with Gasteiger partial charge >= 0.3 is 24.0 Å². The zero-order chi connectivity index (χ0) is 91.6. The Morgan fingerprint density at radius 2 is 0.929 bits per heavy atom. The number of quaternary nitrogens is 1. The monoisotopic (exact) mass is 1970 g/mol. The Morgan fingerprint density at radius 3 is 1.35 bits per heavy atom. The molecule has 3 aliphatic heterocycles. The fourth-order valence-electron chi connectivity index (χ4n) is 15.5. The van der Waals surface area contributed by atoms with Crippen LogP contribution in [0.5, 0.6) is 0 Å². The third-order valence-electron chi connectivity index (χ3n) is 21.8. The first-order valence-electron chi connectivity index (χ1n) is 40.7. The number of carbonyl (C=O) groups excluding carboxylic acids is 9. The number of esters is 3. The van der Waals surface area contributed by atoms with Crippen molar-refractivity contribution in [3.8, 4) is 58.1 Å². The van der Waals surface area contributed by atoms with Crippen LogP contribution in [0, 0.1) is 74.7 Å². The standard InChI is InChI=1S/C47H50N4O11.C29H33NO9.C15H24N2O8.Ac/c1-29(52)24-38-42(55)25-47(45(57)59-2,62-44(38)43(56)41(54)21-20-40(53)32-18-16-31(17-19-32)30-10-4-3-5-11-30)61-27-33-26-51(50-49-33)23-22-48-46(58)60-28-39-36-14-8-6-12-34(36)35-13-7-9-15-37(35)39;1-4-16-38-29(28(36)37-3)17-24(34)25(30-18(2)31)27(39-29)26(35)23(33)15-14-22(32)21-12-10-20(11-13-21)19-8-6-5-7-9-19;1-4-5-24-15(14(22)23-3)6-9(19)11(17-8(2)18)13(25-15)12(21)10(20)7-16;/h3-19,26,38-39,41-44,54-56H,20-25,27-28H2,1-2H3,(H,48,58);1,5-13,23-27,33-35H,14-17H2,2-3H3,(H,30,31);1,9-13,19-21H,5-7,16H2,2-3H3,(H,17,18);/p+1/t38?,41-,42?,43+,44?,47?;23-,24-,25-,26-,27?,29-;9-,10-,11-,12-,13?,15-;/m111./s1. The molecule has 4 aliphatic rings. The zero-order valence-corrected chi connectivity index (χ0v) is 75.7. The number of nitrogens with one attached hydrogen (secondary N) is 3. The van der Waals surface area contributed by atoms with Gasteiger partial charge in [0.15, 0.2) is 11.6 Å². The number of hydrogen-bond acceptors (Lipinski definition) is 30. The Bertz CT molecular complexity index is 4880. The summed E-state index contributed by atoms with van der Waals surface area (Å²) in [4.78, 5) is 112. The van der Waals surface area contributed by atoms with Gasteiger partial charge in [0.2, 0.25) is 11.8 Å². The molecule has 35 nitrogen and oxygen atoms in total. The van der Waals surface area contributed by atoms with Crippen molar-refractivity contribution < 1.29 is 186 Å². The molecule has 1 aliphatic carbocycles. The fourth-order valence-corrected chi connectivity index (χ4v) is 15.5. The van der Waals surface area contributed by atoms with Crippen LogP contribution in [-0.2, 0) is 89.3 Å². The van der Waals surface area contributed by atoms with Gasteiger partial charge in [-0.05, 0) is 64.3 Å². The number of aromatic nitrogens is 3. The van der Waals surface area contributed by atoms with E-state index in [9.17, 15) is 89.1 Å². The molecule has 1 radical (unpaired) electrons. The van der Waals surface area contributed by atoms with Crippen LogP contribution in [-0.4, -0.2) is 271 Å². The number of hydrogen-bond donors (Lipinski definition) is 13. The smallest absolute Gasteiger partial charge is 0.407 e. The van der Waals surface area contributed by atoms with Crippen molar-refractivity contribution in [1.29, 1.82) is 0 Å². The van der Waals surface area contributed by atoms with E-state index in [-0.39, 0.29) is 151 Å². The van der Waals surface area contributed by atoms with Crippen LogP contribution in [0.2, 0.25) is 0 Å². The summed E-state index contributed by atoms with van der Waals surface area (Å²) in [5.41, 5.74) is 12.9. The van der Waals surface area contributed by atoms with Gasteiger partial charge in [0, 0.05) is 126 Å². The van der Waals surface area contributed by atoms with Crippen molar-refractivity contribution >= 4 is 53.2 Å². The number of Topliss-reactive ketones (excluding diaryl/α,β-unsaturated/α-hetero) is 3. The Morgan fingerprint density at radius 1 is 0.535 bits per heavy atom. The molecule has 127 heavy (non-hydrogen) atoms. The Hall–Kier alpha value is -9.99. The molecule has 677 valence electrons. The van der Waals surface area contributed by atoms with E-state index in [0.29, 0.717) is 11.1 Å². The number of ketones is 3. The van der Waals surface area contributed by atoms with E-state index in [4.69, 9.17) is 55.5 Å². The minimum atomic E-state index is -2.28. The molecule has 1 aromatic heterocycles. The quantitative estimate of drug-likeness (QED) is 0.0116. The maximum atomic E-state index is 13.3. The van der Waals surface area contributed by atoms with Crippen LogP contribution in [0.25, 0.3) is 33.4 Å². The number of nitrogens with zero attached hydrogens (tertiary/aromatic N) is 3. The summed E-state index contributed by atoms with van der Waals surface area (Å²) in [6.07, 6.45) is -8.83. The average molecular weight is 1970 g/mol. The van der Waals surface area contributed by atoms with Gasteiger partial charge in [-0.3, -0.25) is 23.9 Å². The number of methoxy groups -OCH3 is 3. The SMILES string of the molecule is C#CCO[C@]1(C(=O)OC)C[C@@H](O)[C@@H](NC(C)=O)C([C@H](O)[C@H](O)CCC(=O)c2ccc(-c3ccccc3)cc2)O1.C#CCO[C@]1(C(=O)OC)C[C@@H](O)[C@@H](NC(C)=O)C([C@H](O)[C@H](O)C[NH3+])O1.COC(=O)C1(OCc2cn(CCNC(=O)OCC3c4ccccc4-c4ccccc43)nn2)CC(O)C(CC(C)=O)C([C@@H](O)[C@H](O)CCC(=O)c2ccc(-c3ccccc3)cc2)O1.[Ac]. The molecule has 11 rings (SSSR count). The molecule has 0 spiro atoms. The summed E-state index contributed by atoms with van der Waals surface area (Å²) in [5.74, 6) is -8.20. The van der Waals surface area contributed by atoms with E-state index in [0.717, 1.165) is 65.8 Å². The second-order valence-electron chi connectivity index (χ2n) is 30.6. The largest absolute Gasteiger partial charge is 0.465 e. The van der Waals surface area contributed by atoms with Gasteiger partial charge in [0.05, 0.1) is 89.4 Å². The predicted octanol–water partition coefficient (Wildman–Crippen LogP) is 2.34. The number of aliphatic hydroxyl groups is 9. The predicted molar refractivity (Wildman–Crippen MR) is 447 cm³/mol. The summed E-state index contributed by atoms with van der Waals surface area (Å²) in [5, 5.41) is 113. The molecule has 6 unspecified atom stereocenters. The number of fused-ring (bicyclic) bond motifs is 3. The first-order chi connectivity index (χ1) is 60.3. The molecular weight excluding hydrogens is 1870 g/mol. The van der Waals surface area contributed by atoms with Crippen molar-refractivity contribution in [2.45, 2.75) is 194 Å². The molecule has 7 aromatic rings. The summed E-state index contributed by atoms with van der Waals surface area (Å²) < 4.78 is 55.7. The number of aliphatic hydroxyl groups excluding tert-OH is 9. The van der Waals surface area contributed by atoms with Crippen LogP contribution in [0.1, 0.15) is 116 Å². The minimum Gasteiger partial charge on any atom is -0.465 e. The van der Waals surface area contributed by atoms with E-state index in [1.165, 1.54) is 31.6 Å². The van der Waals surface area contributed by atoms with Crippen molar-refractivity contribution in [1.82, 2.24) is 30.9 Å². The molecule has 3 amide bonds. The summed E-state index contributed by atoms with van der Waals surface area (Å²) in [6.45, 7) is 3.13. The van der Waals surface area contributed by atoms with E-state index in [1.807, 2.05) is 121 Å². The number of amides is 3. The second-order valence-corrected chi connectivity index (χ2v) is 30.6. The maximum Gasteiger partial charge on any atom is 0.407 e. The number of carbonyl (C=O) groups is 9. The summed E-state index contributed by atoms with van der Waals surface area (Å²) in [6, 6.07) is 47.3. The van der Waals surface area contributed by atoms with E-state index in [2.05, 4.69) is 60.7 Å². The van der Waals surface area contributed by atoms with Gasteiger partial charge in [0.1, 0.15) is 74.5 Å². The normalized spacial score (nSPS) is 23.6. The first-order valence-corrected chi connectivity index (χ1v) is 40.7. The number of rotatable bonds is 36. The van der Waals surface area contributed by atoms with E-state index >= 15 is 0 Å². The Kier molecular flexibility index (Phi) is 39.0. The van der Waals surface area contributed by atoms with Gasteiger partial charge in [0.25, 0.3) is 17.4 Å². The molecule has 4 heterocycles. The van der Waals surface area contributed by atoms with Crippen molar-refractivity contribution in [2.24, 2.45) is 5.92 Å². The van der Waals surface area contributed by atoms with Crippen LogP contribution < -0.4 is 21.7 Å². The molecule has 18 atom stereocenters. The average Bonchev–Trinajstić information content (AvgIpc) is 0.999. The zero-order valence-electron chi connectivity index (χ0n) is 71.0. The van der Waals surface area contributed by atoms with Gasteiger partial charge in [-0.25, -0.2) is 19.2 Å². The first kappa shape index (κ1) is 102. The topological polar surface area (TPSA) is 522 Å². The fraction of sp³-hybridized carbons (Fsp3) is 0.440. The maximum absolute atomic E-state index is 13.3. The van der Waals surface area contributed by atoms with Crippen molar-refractivity contribution in [3.05, 3.63) is 192 Å². The molecule has 0 bridgehead atoms. The summed E-state index contributed by atoms with van der Waals surface area (Å²) in [7, 11) is 3.27. The van der Waals surface area contributed by atoms with E-state index < -0.39 is 164 Å². The number of benzene rings is 6. The summed E-state index contributed by atoms with van der Waals surface area (Å²) >= 11 is 0. The van der Waals surface area contributed by atoms with Crippen LogP contribution in [0.4, 0.5) is 4.79 Å². The molecule has 6 aromatic carbocycles. The van der Waals surface area contributed by atoms with Gasteiger partial charge in [-0.15, -0.1) is 17.9 Å². The van der Waals surface area contributed by atoms with Crippen LogP contribution in [0.15, 0.2) is 164 Å². The molecule has 0 saturated carbocycles. The van der Waals surface area contributed by atoms with Crippen LogP contribution >= 0.6 is 0 Å². The molecular formula is C91H108AcN7O28+. The van der Waals surface area contributed by atoms with Crippen LogP contribution in [0.3, 0.4) is 0 Å². The molecule has 3 fully saturated rings. The van der Waals surface area contributed by atoms with Gasteiger partial charge in [-0.1, -0.05) is 175 Å².